The number of rotatable bonds is 7. The maximum atomic E-state index is 12.7. The van der Waals surface area contributed by atoms with Gasteiger partial charge >= 0.3 is 0 Å². The average molecular weight is 378 g/mol. The summed E-state index contributed by atoms with van der Waals surface area (Å²) in [5.41, 5.74) is 6.79. The topological polar surface area (TPSA) is 77.0 Å². The Balaban J connectivity index is 2.26. The summed E-state index contributed by atoms with van der Waals surface area (Å²) in [4.78, 5) is 18.9. The Morgan fingerprint density at radius 3 is 2.50 bits per heavy atom. The molecule has 142 valence electrons. The molecule has 6 nitrogen and oxygen atoms in total. The van der Waals surface area contributed by atoms with E-state index in [-0.39, 0.29) is 23.7 Å². The first-order chi connectivity index (χ1) is 12.2. The summed E-state index contributed by atoms with van der Waals surface area (Å²) in [5.74, 6) is 1.14. The summed E-state index contributed by atoms with van der Waals surface area (Å²) in [6.45, 7) is 8.74. The van der Waals surface area contributed by atoms with Gasteiger partial charge in [0.05, 0.1) is 10.7 Å². The van der Waals surface area contributed by atoms with Crippen LogP contribution >= 0.6 is 11.6 Å². The first-order valence-corrected chi connectivity index (χ1v) is 9.33. The molecule has 1 atom stereocenters. The van der Waals surface area contributed by atoms with E-state index in [0.717, 1.165) is 6.42 Å². The van der Waals surface area contributed by atoms with Gasteiger partial charge in [-0.1, -0.05) is 51.4 Å². The van der Waals surface area contributed by atoms with E-state index in [9.17, 15) is 4.79 Å². The summed E-state index contributed by atoms with van der Waals surface area (Å²) in [6.07, 6.45) is 0.738. The molecule has 1 unspecified atom stereocenters. The molecule has 0 bridgehead atoms. The number of para-hydroxylation sites is 1. The lowest BCUT2D eigenvalue weighted by molar-refractivity contribution is 0.0777. The van der Waals surface area contributed by atoms with Gasteiger partial charge in [-0.2, -0.15) is 0 Å². The van der Waals surface area contributed by atoms with Crippen molar-refractivity contribution >= 4 is 17.5 Å². The molecule has 2 N–H and O–H groups in total. The summed E-state index contributed by atoms with van der Waals surface area (Å²) < 4.78 is 1.66. The second-order valence-electron chi connectivity index (χ2n) is 7.23. The van der Waals surface area contributed by atoms with Gasteiger partial charge in [-0.05, 0) is 24.5 Å². The Morgan fingerprint density at radius 1 is 1.27 bits per heavy atom. The van der Waals surface area contributed by atoms with E-state index >= 15 is 0 Å². The second kappa shape index (κ2) is 8.64. The Morgan fingerprint density at radius 2 is 1.92 bits per heavy atom. The molecule has 0 radical (unpaired) electrons. The molecule has 1 aromatic heterocycles. The third-order valence-electron chi connectivity index (χ3n) is 4.42. The van der Waals surface area contributed by atoms with Gasteiger partial charge in [0.25, 0.3) is 5.91 Å². The first-order valence-electron chi connectivity index (χ1n) is 8.95. The fourth-order valence-corrected chi connectivity index (χ4v) is 2.75. The van der Waals surface area contributed by atoms with E-state index in [2.05, 4.69) is 23.9 Å². The smallest absolute Gasteiger partial charge is 0.293 e. The number of aromatic nitrogens is 3. The second-order valence-corrected chi connectivity index (χ2v) is 7.64. The predicted molar refractivity (Wildman–Crippen MR) is 105 cm³/mol. The third-order valence-corrected chi connectivity index (χ3v) is 4.74. The number of benzene rings is 1. The molecule has 0 spiro atoms. The zero-order valence-corrected chi connectivity index (χ0v) is 16.9. The molecule has 1 amide bonds. The van der Waals surface area contributed by atoms with Gasteiger partial charge in [-0.3, -0.25) is 4.79 Å². The summed E-state index contributed by atoms with van der Waals surface area (Å²) in [5, 5.41) is 5.01. The van der Waals surface area contributed by atoms with Gasteiger partial charge in [-0.25, -0.2) is 9.67 Å². The highest BCUT2D eigenvalue weighted by Gasteiger charge is 2.23. The van der Waals surface area contributed by atoms with Crippen LogP contribution in [-0.4, -0.2) is 45.2 Å². The van der Waals surface area contributed by atoms with Crippen molar-refractivity contribution in [3.05, 3.63) is 40.9 Å². The number of carbonyl (C=O) groups is 1. The van der Waals surface area contributed by atoms with Crippen molar-refractivity contribution in [3.8, 4) is 5.69 Å². The highest BCUT2D eigenvalue weighted by Crippen LogP contribution is 2.24. The zero-order valence-electron chi connectivity index (χ0n) is 16.1. The minimum Gasteiger partial charge on any atom is -0.339 e. The number of nitrogens with two attached hydrogens (primary N) is 1. The van der Waals surface area contributed by atoms with Crippen molar-refractivity contribution in [2.75, 3.05) is 13.6 Å². The highest BCUT2D eigenvalue weighted by molar-refractivity contribution is 6.32. The van der Waals surface area contributed by atoms with Crippen LogP contribution in [0.25, 0.3) is 5.69 Å². The van der Waals surface area contributed by atoms with E-state index in [0.29, 0.717) is 29.0 Å². The van der Waals surface area contributed by atoms with E-state index in [1.54, 1.807) is 22.7 Å². The largest absolute Gasteiger partial charge is 0.339 e. The van der Waals surface area contributed by atoms with Gasteiger partial charge < -0.3 is 10.6 Å². The molecule has 26 heavy (non-hydrogen) atoms. The lowest BCUT2D eigenvalue weighted by Crippen LogP contribution is -2.35. The Labute approximate surface area is 160 Å². The summed E-state index contributed by atoms with van der Waals surface area (Å²) >= 11 is 6.30. The average Bonchev–Trinajstić information content (AvgIpc) is 3.04. The van der Waals surface area contributed by atoms with Gasteiger partial charge in [0.1, 0.15) is 5.82 Å². The number of amides is 1. The maximum Gasteiger partial charge on any atom is 0.293 e. The molecule has 0 aliphatic rings. The predicted octanol–water partition coefficient (Wildman–Crippen LogP) is 3.49. The molecular formula is C19H28ClN5O. The van der Waals surface area contributed by atoms with Crippen LogP contribution in [0.4, 0.5) is 0 Å². The summed E-state index contributed by atoms with van der Waals surface area (Å²) in [6, 6.07) is 7.46. The molecule has 2 aromatic rings. The van der Waals surface area contributed by atoms with Gasteiger partial charge in [-0.15, -0.1) is 5.10 Å². The minimum absolute atomic E-state index is 0.0603. The number of hydrogen-bond acceptors (Lipinski definition) is 4. The van der Waals surface area contributed by atoms with Crippen molar-refractivity contribution in [1.82, 2.24) is 19.7 Å². The lowest BCUT2D eigenvalue weighted by Gasteiger charge is -2.20. The highest BCUT2D eigenvalue weighted by atomic mass is 35.5. The monoisotopic (exact) mass is 377 g/mol. The maximum absolute atomic E-state index is 12.7. The number of carbonyl (C=O) groups excluding carboxylic acids is 1. The van der Waals surface area contributed by atoms with E-state index in [1.807, 2.05) is 32.0 Å². The van der Waals surface area contributed by atoms with Crippen LogP contribution in [0, 0.1) is 5.92 Å². The minimum atomic E-state index is -0.214. The molecule has 0 aliphatic carbocycles. The number of halogens is 1. The quantitative estimate of drug-likeness (QED) is 0.801. The molecule has 1 aromatic carbocycles. The Kier molecular flexibility index (Phi) is 6.78. The van der Waals surface area contributed by atoms with Gasteiger partial charge in [0, 0.05) is 25.6 Å². The molecule has 2 rings (SSSR count). The molecule has 0 saturated carbocycles. The van der Waals surface area contributed by atoms with Crippen LogP contribution in [0.1, 0.15) is 56.5 Å². The van der Waals surface area contributed by atoms with E-state index in [4.69, 9.17) is 17.3 Å². The van der Waals surface area contributed by atoms with Crippen LogP contribution in [0.2, 0.25) is 5.02 Å². The third kappa shape index (κ3) is 4.62. The Hall–Kier alpha value is -1.92. The van der Waals surface area contributed by atoms with Crippen LogP contribution in [-0.2, 0) is 0 Å². The lowest BCUT2D eigenvalue weighted by atomic mass is 10.0. The zero-order chi connectivity index (χ0) is 19.4. The molecule has 1 heterocycles. The molecular weight excluding hydrogens is 350 g/mol. The summed E-state index contributed by atoms with van der Waals surface area (Å²) in [7, 11) is 1.75. The van der Waals surface area contributed by atoms with E-state index < -0.39 is 0 Å². The van der Waals surface area contributed by atoms with Crippen molar-refractivity contribution in [1.29, 1.82) is 0 Å². The standard InChI is InChI=1S/C19H28ClN5O/c1-12(2)15(21)10-11-24(5)19(26)17-22-18(13(3)4)25(23-17)16-9-7-6-8-14(16)20/h6-9,12-13,15H,10-11,21H2,1-5H3. The fourth-order valence-electron chi connectivity index (χ4n) is 2.54. The van der Waals surface area contributed by atoms with Crippen LogP contribution in [0.3, 0.4) is 0 Å². The molecule has 0 saturated heterocycles. The van der Waals surface area contributed by atoms with Crippen LogP contribution in [0.15, 0.2) is 24.3 Å². The Bertz CT molecular complexity index is 756. The molecule has 0 aliphatic heterocycles. The van der Waals surface area contributed by atoms with Crippen molar-refractivity contribution in [2.24, 2.45) is 11.7 Å². The van der Waals surface area contributed by atoms with Crippen LogP contribution in [0.5, 0.6) is 0 Å². The fraction of sp³-hybridized carbons (Fsp3) is 0.526. The van der Waals surface area contributed by atoms with Gasteiger partial charge in [0.15, 0.2) is 0 Å². The first kappa shape index (κ1) is 20.4. The van der Waals surface area contributed by atoms with Gasteiger partial charge in [0.2, 0.25) is 5.82 Å². The van der Waals surface area contributed by atoms with E-state index in [1.165, 1.54) is 0 Å². The molecule has 7 heteroatoms. The number of nitrogens with zero attached hydrogens (tertiary/aromatic N) is 4. The normalized spacial score (nSPS) is 12.7. The molecule has 0 fully saturated rings. The number of hydrogen-bond donors (Lipinski definition) is 1. The van der Waals surface area contributed by atoms with Crippen molar-refractivity contribution < 1.29 is 4.79 Å². The van der Waals surface area contributed by atoms with Crippen LogP contribution < -0.4 is 5.73 Å². The SMILES string of the molecule is CC(C)c1nc(C(=O)N(C)CCC(N)C(C)C)nn1-c1ccccc1Cl. The van der Waals surface area contributed by atoms with Crippen molar-refractivity contribution in [2.45, 2.75) is 46.1 Å². The van der Waals surface area contributed by atoms with Crippen molar-refractivity contribution in [3.63, 3.8) is 0 Å².